The first-order valence-corrected chi connectivity index (χ1v) is 8.12. The maximum absolute atomic E-state index is 11.6. The first kappa shape index (κ1) is 13.5. The van der Waals surface area contributed by atoms with Gasteiger partial charge in [0.25, 0.3) is 0 Å². The van der Waals surface area contributed by atoms with Crippen molar-refractivity contribution in [3.63, 3.8) is 0 Å². The fraction of sp³-hybridized carbons (Fsp3) is 0.545. The fourth-order valence-corrected chi connectivity index (χ4v) is 3.75. The molecular formula is C11H15NO4S2. The first-order valence-electron chi connectivity index (χ1n) is 5.76. The van der Waals surface area contributed by atoms with E-state index in [0.29, 0.717) is 4.88 Å². The van der Waals surface area contributed by atoms with Crippen LogP contribution in [-0.4, -0.2) is 20.5 Å². The van der Waals surface area contributed by atoms with Gasteiger partial charge in [0.1, 0.15) is 10.3 Å². The van der Waals surface area contributed by atoms with Crippen LogP contribution < -0.4 is 5.14 Å². The van der Waals surface area contributed by atoms with Gasteiger partial charge < -0.3 is 4.74 Å². The van der Waals surface area contributed by atoms with Gasteiger partial charge in [-0.05, 0) is 37.8 Å². The van der Waals surface area contributed by atoms with Crippen LogP contribution in [0.1, 0.15) is 30.6 Å². The van der Waals surface area contributed by atoms with E-state index < -0.39 is 10.0 Å². The van der Waals surface area contributed by atoms with Crippen molar-refractivity contribution in [1.29, 1.82) is 0 Å². The third-order valence-electron chi connectivity index (χ3n) is 2.84. The molecule has 1 aromatic rings. The summed E-state index contributed by atoms with van der Waals surface area (Å²) in [4.78, 5) is 12.3. The zero-order valence-corrected chi connectivity index (χ0v) is 11.4. The second kappa shape index (κ2) is 5.38. The Morgan fingerprint density at radius 1 is 1.39 bits per heavy atom. The van der Waals surface area contributed by atoms with Crippen molar-refractivity contribution in [2.24, 2.45) is 5.14 Å². The van der Waals surface area contributed by atoms with Crippen LogP contribution in [0.4, 0.5) is 0 Å². The molecule has 0 atom stereocenters. The molecule has 100 valence electrons. The van der Waals surface area contributed by atoms with Crippen molar-refractivity contribution in [3.05, 3.63) is 17.0 Å². The van der Waals surface area contributed by atoms with Crippen LogP contribution in [0.5, 0.6) is 0 Å². The molecule has 0 spiro atoms. The summed E-state index contributed by atoms with van der Waals surface area (Å²) < 4.78 is 27.5. The lowest BCUT2D eigenvalue weighted by atomic mass is 10.3. The van der Waals surface area contributed by atoms with Gasteiger partial charge in [0, 0.05) is 4.88 Å². The van der Waals surface area contributed by atoms with E-state index in [-0.39, 0.29) is 22.7 Å². The van der Waals surface area contributed by atoms with Crippen LogP contribution in [0.25, 0.3) is 0 Å². The number of nitrogens with two attached hydrogens (primary N) is 1. The monoisotopic (exact) mass is 289 g/mol. The number of sulfonamides is 1. The lowest BCUT2D eigenvalue weighted by molar-refractivity contribution is -0.147. The van der Waals surface area contributed by atoms with Gasteiger partial charge in [0.2, 0.25) is 10.0 Å². The molecule has 2 N–H and O–H groups in total. The third-order valence-corrected chi connectivity index (χ3v) is 5.36. The molecule has 18 heavy (non-hydrogen) atoms. The van der Waals surface area contributed by atoms with Crippen molar-refractivity contribution in [2.75, 3.05) is 0 Å². The van der Waals surface area contributed by atoms with Crippen LogP contribution in [0.3, 0.4) is 0 Å². The van der Waals surface area contributed by atoms with Crippen LogP contribution >= 0.6 is 11.3 Å². The summed E-state index contributed by atoms with van der Waals surface area (Å²) in [5, 5.41) is 5.00. The van der Waals surface area contributed by atoms with E-state index in [2.05, 4.69) is 0 Å². The Balaban J connectivity index is 1.92. The zero-order chi connectivity index (χ0) is 13.2. The smallest absolute Gasteiger partial charge is 0.311 e. The number of rotatable bonds is 4. The fourth-order valence-electron chi connectivity index (χ4n) is 1.98. The Kier molecular flexibility index (Phi) is 4.04. The zero-order valence-electron chi connectivity index (χ0n) is 9.79. The number of carbonyl (C=O) groups is 1. The van der Waals surface area contributed by atoms with E-state index in [0.717, 1.165) is 37.0 Å². The topological polar surface area (TPSA) is 86.5 Å². The van der Waals surface area contributed by atoms with Crippen molar-refractivity contribution in [3.8, 4) is 0 Å². The molecule has 1 saturated carbocycles. The number of primary sulfonamides is 1. The average molecular weight is 289 g/mol. The van der Waals surface area contributed by atoms with Gasteiger partial charge in [-0.15, -0.1) is 11.3 Å². The number of hydrogen-bond acceptors (Lipinski definition) is 5. The highest BCUT2D eigenvalue weighted by molar-refractivity contribution is 7.91. The second-order valence-electron chi connectivity index (χ2n) is 4.34. The van der Waals surface area contributed by atoms with Gasteiger partial charge >= 0.3 is 5.97 Å². The van der Waals surface area contributed by atoms with Crippen molar-refractivity contribution in [1.82, 2.24) is 0 Å². The Hall–Kier alpha value is -0.920. The molecule has 0 saturated heterocycles. The van der Waals surface area contributed by atoms with Gasteiger partial charge in [-0.2, -0.15) is 0 Å². The molecule has 1 aromatic heterocycles. The van der Waals surface area contributed by atoms with Gasteiger partial charge in [0.15, 0.2) is 0 Å². The number of carbonyl (C=O) groups excluding carboxylic acids is 1. The van der Waals surface area contributed by atoms with E-state index >= 15 is 0 Å². The van der Waals surface area contributed by atoms with E-state index in [1.54, 1.807) is 6.07 Å². The molecule has 0 amide bonds. The standard InChI is InChI=1S/C11H15NO4S2/c12-18(14,15)11-6-5-9(17-11)7-10(13)16-8-3-1-2-4-8/h5-6,8H,1-4,7H2,(H2,12,14,15). The third kappa shape index (κ3) is 3.54. The molecular weight excluding hydrogens is 274 g/mol. The number of hydrogen-bond donors (Lipinski definition) is 1. The summed E-state index contributed by atoms with van der Waals surface area (Å²) >= 11 is 1.01. The van der Waals surface area contributed by atoms with Crippen LogP contribution in [0.2, 0.25) is 0 Å². The molecule has 5 nitrogen and oxygen atoms in total. The molecule has 0 radical (unpaired) electrons. The normalized spacial score (nSPS) is 16.9. The number of ether oxygens (including phenoxy) is 1. The van der Waals surface area contributed by atoms with E-state index in [4.69, 9.17) is 9.88 Å². The Labute approximate surface area is 110 Å². The predicted octanol–water partition coefficient (Wildman–Crippen LogP) is 1.42. The van der Waals surface area contributed by atoms with Gasteiger partial charge in [0.05, 0.1) is 6.42 Å². The largest absolute Gasteiger partial charge is 0.462 e. The summed E-state index contributed by atoms with van der Waals surface area (Å²) in [6.07, 6.45) is 4.21. The van der Waals surface area contributed by atoms with Crippen molar-refractivity contribution < 1.29 is 17.9 Å². The molecule has 7 heteroatoms. The molecule has 0 bridgehead atoms. The summed E-state index contributed by atoms with van der Waals surface area (Å²) in [6.45, 7) is 0. The molecule has 1 aliphatic carbocycles. The summed E-state index contributed by atoms with van der Waals surface area (Å²) in [6, 6.07) is 3.01. The minimum absolute atomic E-state index is 0.0372. The molecule has 0 aliphatic heterocycles. The van der Waals surface area contributed by atoms with Crippen LogP contribution in [0, 0.1) is 0 Å². The van der Waals surface area contributed by atoms with Crippen molar-refractivity contribution >= 4 is 27.3 Å². The Morgan fingerprint density at radius 2 is 2.06 bits per heavy atom. The van der Waals surface area contributed by atoms with E-state index in [1.807, 2.05) is 0 Å². The summed E-state index contributed by atoms with van der Waals surface area (Å²) in [7, 11) is -3.67. The molecule has 2 rings (SSSR count). The van der Waals surface area contributed by atoms with Crippen LogP contribution in [-0.2, 0) is 26.0 Å². The summed E-state index contributed by atoms with van der Waals surface area (Å²) in [5.74, 6) is -0.301. The lowest BCUT2D eigenvalue weighted by Gasteiger charge is -2.10. The minimum atomic E-state index is -3.67. The van der Waals surface area contributed by atoms with Gasteiger partial charge in [-0.25, -0.2) is 13.6 Å². The minimum Gasteiger partial charge on any atom is -0.462 e. The first-order chi connectivity index (χ1) is 8.45. The van der Waals surface area contributed by atoms with E-state index in [9.17, 15) is 13.2 Å². The SMILES string of the molecule is NS(=O)(=O)c1ccc(CC(=O)OC2CCCC2)s1. The molecule has 1 heterocycles. The molecule has 1 aliphatic rings. The van der Waals surface area contributed by atoms with E-state index in [1.165, 1.54) is 6.07 Å². The average Bonchev–Trinajstić information content (AvgIpc) is 2.87. The Bertz CT molecular complexity index is 529. The highest BCUT2D eigenvalue weighted by atomic mass is 32.2. The maximum atomic E-state index is 11.6. The van der Waals surface area contributed by atoms with Gasteiger partial charge in [-0.3, -0.25) is 4.79 Å². The lowest BCUT2D eigenvalue weighted by Crippen LogP contribution is -2.16. The highest BCUT2D eigenvalue weighted by Crippen LogP contribution is 2.23. The van der Waals surface area contributed by atoms with Crippen LogP contribution in [0.15, 0.2) is 16.3 Å². The number of esters is 1. The predicted molar refractivity (Wildman–Crippen MR) is 67.7 cm³/mol. The van der Waals surface area contributed by atoms with Gasteiger partial charge in [-0.1, -0.05) is 0 Å². The second-order valence-corrected chi connectivity index (χ2v) is 7.30. The molecule has 0 aromatic carbocycles. The summed E-state index contributed by atoms with van der Waals surface area (Å²) in [5.41, 5.74) is 0. The molecule has 0 unspecified atom stereocenters. The highest BCUT2D eigenvalue weighted by Gasteiger charge is 2.20. The maximum Gasteiger partial charge on any atom is 0.311 e. The van der Waals surface area contributed by atoms with Crippen molar-refractivity contribution in [2.45, 2.75) is 42.4 Å². The molecule has 1 fully saturated rings. The number of thiophene rings is 1. The Morgan fingerprint density at radius 3 is 2.61 bits per heavy atom. The quantitative estimate of drug-likeness (QED) is 0.849.